The Morgan fingerprint density at radius 3 is 2.89 bits per heavy atom. The molecule has 3 nitrogen and oxygen atoms in total. The molecule has 0 aliphatic rings. The first-order valence-electron chi connectivity index (χ1n) is 5.84. The molecule has 2 aromatic rings. The number of carbonyl (C=O) groups is 1. The van der Waals surface area contributed by atoms with Crippen LogP contribution < -0.4 is 0 Å². The molecule has 0 saturated heterocycles. The van der Waals surface area contributed by atoms with Gasteiger partial charge in [0.15, 0.2) is 0 Å². The van der Waals surface area contributed by atoms with E-state index in [9.17, 15) is 9.90 Å². The van der Waals surface area contributed by atoms with Crippen LogP contribution in [0.25, 0.3) is 0 Å². The van der Waals surface area contributed by atoms with Crippen molar-refractivity contribution in [3.05, 3.63) is 50.6 Å². The Morgan fingerprint density at radius 1 is 1.42 bits per heavy atom. The number of carbonyl (C=O) groups excluding carboxylic acids is 1. The van der Waals surface area contributed by atoms with Gasteiger partial charge in [-0.1, -0.05) is 22.0 Å². The minimum absolute atomic E-state index is 0.0103. The number of benzene rings is 1. The molecule has 0 fully saturated rings. The number of halogens is 1. The Bertz CT molecular complexity index is 569. The highest BCUT2D eigenvalue weighted by molar-refractivity contribution is 9.10. The summed E-state index contributed by atoms with van der Waals surface area (Å²) in [5.41, 5.74) is 0.322. The zero-order chi connectivity index (χ0) is 13.8. The van der Waals surface area contributed by atoms with Gasteiger partial charge < -0.3 is 10.0 Å². The largest absolute Gasteiger partial charge is 0.507 e. The zero-order valence-corrected chi connectivity index (χ0v) is 12.9. The van der Waals surface area contributed by atoms with E-state index in [1.807, 2.05) is 11.4 Å². The molecule has 100 valence electrons. The van der Waals surface area contributed by atoms with Crippen LogP contribution in [0.4, 0.5) is 0 Å². The van der Waals surface area contributed by atoms with Gasteiger partial charge in [-0.15, -0.1) is 11.3 Å². The van der Waals surface area contributed by atoms with E-state index >= 15 is 0 Å². The second kappa shape index (κ2) is 6.21. The first kappa shape index (κ1) is 14.1. The summed E-state index contributed by atoms with van der Waals surface area (Å²) in [6, 6.07) is 8.92. The number of thiophene rings is 1. The fraction of sp³-hybridized carbons (Fsp3) is 0.214. The minimum atomic E-state index is -0.171. The van der Waals surface area contributed by atoms with Gasteiger partial charge in [0.1, 0.15) is 5.75 Å². The lowest BCUT2D eigenvalue weighted by Gasteiger charge is -2.17. The molecule has 0 aliphatic carbocycles. The molecule has 0 spiro atoms. The molecule has 1 N–H and O–H groups in total. The number of hydrogen-bond donors (Lipinski definition) is 1. The summed E-state index contributed by atoms with van der Waals surface area (Å²) in [5, 5.41) is 11.8. The first-order valence-corrected chi connectivity index (χ1v) is 7.51. The molecule has 0 saturated carbocycles. The Balaban J connectivity index is 2.04. The predicted octanol–water partition coefficient (Wildman–Crippen LogP) is 3.53. The van der Waals surface area contributed by atoms with Crippen LogP contribution in [0.3, 0.4) is 0 Å². The lowest BCUT2D eigenvalue weighted by molar-refractivity contribution is 0.0794. The third-order valence-electron chi connectivity index (χ3n) is 2.81. The summed E-state index contributed by atoms with van der Waals surface area (Å²) in [6.07, 6.45) is 0.828. The number of aromatic hydroxyl groups is 1. The van der Waals surface area contributed by atoms with Crippen molar-refractivity contribution in [3.63, 3.8) is 0 Å². The van der Waals surface area contributed by atoms with Crippen LogP contribution >= 0.6 is 27.3 Å². The average molecular weight is 340 g/mol. The number of nitrogens with zero attached hydrogens (tertiary/aromatic N) is 1. The van der Waals surface area contributed by atoms with E-state index in [1.165, 1.54) is 10.9 Å². The maximum absolute atomic E-state index is 12.2. The molecule has 1 aromatic heterocycles. The average Bonchev–Trinajstić information content (AvgIpc) is 2.91. The van der Waals surface area contributed by atoms with E-state index in [4.69, 9.17) is 0 Å². The van der Waals surface area contributed by atoms with Crippen molar-refractivity contribution in [2.45, 2.75) is 6.42 Å². The molecular weight excluding hydrogens is 326 g/mol. The molecular formula is C14H14BrNO2S. The summed E-state index contributed by atoms with van der Waals surface area (Å²) in [4.78, 5) is 15.1. The second-order valence-electron chi connectivity index (χ2n) is 4.22. The van der Waals surface area contributed by atoms with Crippen molar-refractivity contribution >= 4 is 33.2 Å². The monoisotopic (exact) mass is 339 g/mol. The normalized spacial score (nSPS) is 10.4. The minimum Gasteiger partial charge on any atom is -0.507 e. The van der Waals surface area contributed by atoms with E-state index in [0.717, 1.165) is 10.9 Å². The topological polar surface area (TPSA) is 40.5 Å². The molecule has 0 atom stereocenters. The number of rotatable bonds is 4. The van der Waals surface area contributed by atoms with Crippen LogP contribution in [0.15, 0.2) is 40.2 Å². The van der Waals surface area contributed by atoms with Crippen LogP contribution in [0.1, 0.15) is 15.2 Å². The van der Waals surface area contributed by atoms with Gasteiger partial charge in [-0.2, -0.15) is 0 Å². The fourth-order valence-corrected chi connectivity index (χ4v) is 2.78. The summed E-state index contributed by atoms with van der Waals surface area (Å²) in [5.74, 6) is -0.161. The van der Waals surface area contributed by atoms with Gasteiger partial charge in [0.2, 0.25) is 0 Å². The summed E-state index contributed by atoms with van der Waals surface area (Å²) >= 11 is 4.99. The van der Waals surface area contributed by atoms with E-state index in [2.05, 4.69) is 22.0 Å². The van der Waals surface area contributed by atoms with Crippen molar-refractivity contribution in [1.82, 2.24) is 4.90 Å². The molecule has 0 aliphatic heterocycles. The maximum Gasteiger partial charge on any atom is 0.257 e. The number of phenols is 1. The Morgan fingerprint density at radius 2 is 2.21 bits per heavy atom. The number of hydrogen-bond acceptors (Lipinski definition) is 3. The van der Waals surface area contributed by atoms with E-state index in [1.54, 1.807) is 35.4 Å². The molecule has 0 unspecified atom stereocenters. The highest BCUT2D eigenvalue weighted by Gasteiger charge is 2.16. The summed E-state index contributed by atoms with van der Waals surface area (Å²) in [6.45, 7) is 0.630. The van der Waals surface area contributed by atoms with E-state index < -0.39 is 0 Å². The van der Waals surface area contributed by atoms with Gasteiger partial charge in [-0.05, 0) is 36.1 Å². The van der Waals surface area contributed by atoms with Crippen molar-refractivity contribution in [2.24, 2.45) is 0 Å². The molecule has 1 aromatic carbocycles. The number of phenolic OH excluding ortho intramolecular Hbond substituents is 1. The number of amides is 1. The molecule has 2 rings (SSSR count). The zero-order valence-electron chi connectivity index (χ0n) is 10.5. The molecule has 1 heterocycles. The number of likely N-dealkylation sites (N-methyl/N-ethyl adjacent to an activating group) is 1. The maximum atomic E-state index is 12.2. The molecule has 1 amide bonds. The van der Waals surface area contributed by atoms with Crippen LogP contribution in [-0.4, -0.2) is 29.5 Å². The van der Waals surface area contributed by atoms with Crippen LogP contribution in [-0.2, 0) is 6.42 Å². The Kier molecular flexibility index (Phi) is 4.61. The highest BCUT2D eigenvalue weighted by atomic mass is 79.9. The van der Waals surface area contributed by atoms with Crippen LogP contribution in [0.5, 0.6) is 5.75 Å². The van der Waals surface area contributed by atoms with Crippen molar-refractivity contribution in [2.75, 3.05) is 13.6 Å². The van der Waals surface area contributed by atoms with Gasteiger partial charge in [0.25, 0.3) is 5.91 Å². The highest BCUT2D eigenvalue weighted by Crippen LogP contribution is 2.23. The van der Waals surface area contributed by atoms with Gasteiger partial charge in [0.05, 0.1) is 5.56 Å². The first-order chi connectivity index (χ1) is 9.08. The summed E-state index contributed by atoms with van der Waals surface area (Å²) < 4.78 is 0.778. The smallest absolute Gasteiger partial charge is 0.257 e. The van der Waals surface area contributed by atoms with Gasteiger partial charge in [-0.3, -0.25) is 4.79 Å². The van der Waals surface area contributed by atoms with E-state index in [0.29, 0.717) is 12.1 Å². The van der Waals surface area contributed by atoms with Gasteiger partial charge in [-0.25, -0.2) is 0 Å². The molecule has 0 radical (unpaired) electrons. The van der Waals surface area contributed by atoms with Crippen molar-refractivity contribution < 1.29 is 9.90 Å². The van der Waals surface area contributed by atoms with E-state index in [-0.39, 0.29) is 11.7 Å². The lowest BCUT2D eigenvalue weighted by atomic mass is 10.1. The standard InChI is InChI=1S/C14H14BrNO2S/c1-16(7-6-11-3-2-8-19-11)14(18)12-9-10(15)4-5-13(12)17/h2-5,8-9,17H,6-7H2,1H3. The predicted molar refractivity (Wildman–Crippen MR) is 80.8 cm³/mol. The SMILES string of the molecule is CN(CCc1cccs1)C(=O)c1cc(Br)ccc1O. The lowest BCUT2D eigenvalue weighted by Crippen LogP contribution is -2.28. The van der Waals surface area contributed by atoms with Gasteiger partial charge >= 0.3 is 0 Å². The Labute approximate surface area is 124 Å². The van der Waals surface area contributed by atoms with Crippen molar-refractivity contribution in [3.8, 4) is 5.75 Å². The van der Waals surface area contributed by atoms with Crippen LogP contribution in [0.2, 0.25) is 0 Å². The second-order valence-corrected chi connectivity index (χ2v) is 6.17. The third-order valence-corrected chi connectivity index (χ3v) is 4.24. The third kappa shape index (κ3) is 3.58. The summed E-state index contributed by atoms with van der Waals surface area (Å²) in [7, 11) is 1.75. The van der Waals surface area contributed by atoms with Crippen molar-refractivity contribution in [1.29, 1.82) is 0 Å². The molecule has 5 heteroatoms. The fourth-order valence-electron chi connectivity index (χ4n) is 1.72. The Hall–Kier alpha value is -1.33. The van der Waals surface area contributed by atoms with Crippen LogP contribution in [0, 0.1) is 0 Å². The molecule has 0 bridgehead atoms. The quantitative estimate of drug-likeness (QED) is 0.925. The van der Waals surface area contributed by atoms with Gasteiger partial charge in [0, 0.05) is 22.9 Å². The molecule has 19 heavy (non-hydrogen) atoms.